The zero-order valence-electron chi connectivity index (χ0n) is 12.6. The number of benzene rings is 2. The maximum Gasteiger partial charge on any atom is 0.331 e. The fraction of sp³-hybridized carbons (Fsp3) is 0.0588. The third kappa shape index (κ3) is 6.06. The summed E-state index contributed by atoms with van der Waals surface area (Å²) in [6, 6.07) is 8.37. The Bertz CT molecular complexity index is 841. The van der Waals surface area contributed by atoms with Crippen LogP contribution in [-0.2, 0) is 14.3 Å². The quantitative estimate of drug-likeness (QED) is 0.505. The van der Waals surface area contributed by atoms with Crippen molar-refractivity contribution in [3.63, 3.8) is 0 Å². The zero-order chi connectivity index (χ0) is 18.4. The molecule has 0 aliphatic heterocycles. The van der Waals surface area contributed by atoms with Crippen molar-refractivity contribution in [1.29, 1.82) is 0 Å². The molecule has 130 valence electrons. The van der Waals surface area contributed by atoms with Gasteiger partial charge in [-0.1, -0.05) is 31.9 Å². The van der Waals surface area contributed by atoms with Crippen LogP contribution in [0.1, 0.15) is 5.56 Å². The SMILES string of the molecule is O=C(COC(=O)/C=C/c1cc(Br)ccc1F)Nc1ccc(Br)cc1F. The van der Waals surface area contributed by atoms with Crippen molar-refractivity contribution in [3.8, 4) is 0 Å². The van der Waals surface area contributed by atoms with Gasteiger partial charge < -0.3 is 10.1 Å². The molecule has 8 heteroatoms. The molecule has 0 saturated carbocycles. The smallest absolute Gasteiger partial charge is 0.331 e. The molecule has 0 fully saturated rings. The van der Waals surface area contributed by atoms with Crippen LogP contribution in [0, 0.1) is 11.6 Å². The molecule has 0 aliphatic carbocycles. The van der Waals surface area contributed by atoms with E-state index in [9.17, 15) is 18.4 Å². The minimum Gasteiger partial charge on any atom is -0.452 e. The van der Waals surface area contributed by atoms with E-state index in [1.165, 1.54) is 36.4 Å². The highest BCUT2D eigenvalue weighted by molar-refractivity contribution is 9.10. The van der Waals surface area contributed by atoms with Crippen LogP contribution in [0.5, 0.6) is 0 Å². The molecule has 2 rings (SSSR count). The number of rotatable bonds is 5. The normalized spacial score (nSPS) is 10.7. The van der Waals surface area contributed by atoms with Gasteiger partial charge in [-0.2, -0.15) is 0 Å². The molecule has 0 atom stereocenters. The van der Waals surface area contributed by atoms with E-state index in [-0.39, 0.29) is 11.3 Å². The fourth-order valence-corrected chi connectivity index (χ4v) is 2.47. The van der Waals surface area contributed by atoms with Gasteiger partial charge in [-0.3, -0.25) is 4.79 Å². The minimum absolute atomic E-state index is 0.0315. The summed E-state index contributed by atoms with van der Waals surface area (Å²) in [5, 5.41) is 2.28. The molecule has 1 N–H and O–H groups in total. The van der Waals surface area contributed by atoms with Crippen LogP contribution in [-0.4, -0.2) is 18.5 Å². The van der Waals surface area contributed by atoms with E-state index in [1.54, 1.807) is 6.07 Å². The lowest BCUT2D eigenvalue weighted by molar-refractivity contribution is -0.142. The first-order valence-corrected chi connectivity index (χ1v) is 8.48. The Morgan fingerprint density at radius 2 is 1.72 bits per heavy atom. The van der Waals surface area contributed by atoms with Gasteiger partial charge in [0.2, 0.25) is 0 Å². The number of carbonyl (C=O) groups is 2. The van der Waals surface area contributed by atoms with Gasteiger partial charge in [0.05, 0.1) is 5.69 Å². The standard InChI is InChI=1S/C17H11Br2F2NO3/c18-11-2-4-13(20)10(7-11)1-6-17(24)25-9-16(23)22-15-5-3-12(19)8-14(15)21/h1-8H,9H2,(H,22,23)/b6-1+. The van der Waals surface area contributed by atoms with Crippen LogP contribution in [0.4, 0.5) is 14.5 Å². The van der Waals surface area contributed by atoms with E-state index >= 15 is 0 Å². The lowest BCUT2D eigenvalue weighted by Gasteiger charge is -2.06. The van der Waals surface area contributed by atoms with E-state index < -0.39 is 30.1 Å². The van der Waals surface area contributed by atoms with Crippen molar-refractivity contribution in [2.24, 2.45) is 0 Å². The number of hydrogen-bond acceptors (Lipinski definition) is 3. The van der Waals surface area contributed by atoms with Crippen molar-refractivity contribution < 1.29 is 23.1 Å². The average molecular weight is 475 g/mol. The maximum absolute atomic E-state index is 13.6. The van der Waals surface area contributed by atoms with Crippen LogP contribution in [0.15, 0.2) is 51.4 Å². The van der Waals surface area contributed by atoms with Gasteiger partial charge in [0.1, 0.15) is 11.6 Å². The molecule has 4 nitrogen and oxygen atoms in total. The topological polar surface area (TPSA) is 55.4 Å². The Morgan fingerprint density at radius 1 is 1.04 bits per heavy atom. The number of nitrogens with one attached hydrogen (secondary N) is 1. The van der Waals surface area contributed by atoms with Crippen LogP contribution >= 0.6 is 31.9 Å². The highest BCUT2D eigenvalue weighted by Crippen LogP contribution is 2.19. The highest BCUT2D eigenvalue weighted by atomic mass is 79.9. The molecule has 0 bridgehead atoms. The van der Waals surface area contributed by atoms with E-state index in [1.807, 2.05) is 0 Å². The predicted molar refractivity (Wildman–Crippen MR) is 96.8 cm³/mol. The number of hydrogen-bond donors (Lipinski definition) is 1. The first kappa shape index (κ1) is 19.3. The van der Waals surface area contributed by atoms with Gasteiger partial charge in [-0.25, -0.2) is 13.6 Å². The number of amides is 1. The predicted octanol–water partition coefficient (Wildman–Crippen LogP) is 4.68. The van der Waals surface area contributed by atoms with E-state index in [4.69, 9.17) is 4.74 Å². The Hall–Kier alpha value is -2.06. The van der Waals surface area contributed by atoms with Crippen molar-refractivity contribution in [1.82, 2.24) is 0 Å². The highest BCUT2D eigenvalue weighted by Gasteiger charge is 2.09. The monoisotopic (exact) mass is 473 g/mol. The molecule has 0 saturated heterocycles. The second-order valence-electron chi connectivity index (χ2n) is 4.78. The van der Waals surface area contributed by atoms with Crippen molar-refractivity contribution in [2.75, 3.05) is 11.9 Å². The number of ether oxygens (including phenoxy) is 1. The van der Waals surface area contributed by atoms with Crippen molar-refractivity contribution in [3.05, 3.63) is 68.6 Å². The molecule has 2 aromatic rings. The van der Waals surface area contributed by atoms with Gasteiger partial charge in [-0.15, -0.1) is 0 Å². The summed E-state index contributed by atoms with van der Waals surface area (Å²) in [5.41, 5.74) is 0.156. The Kier molecular flexibility index (Phi) is 6.83. The molecule has 0 aromatic heterocycles. The summed E-state index contributed by atoms with van der Waals surface area (Å²) >= 11 is 6.29. The second kappa shape index (κ2) is 8.87. The van der Waals surface area contributed by atoms with E-state index in [0.29, 0.717) is 8.95 Å². The molecular weight excluding hydrogens is 464 g/mol. The third-order valence-corrected chi connectivity index (χ3v) is 3.89. The largest absolute Gasteiger partial charge is 0.452 e. The maximum atomic E-state index is 13.6. The summed E-state index contributed by atoms with van der Waals surface area (Å²) in [7, 11) is 0. The Labute approximate surface area is 159 Å². The molecular formula is C17H11Br2F2NO3. The number of anilines is 1. The van der Waals surface area contributed by atoms with Gasteiger partial charge >= 0.3 is 5.97 Å². The van der Waals surface area contributed by atoms with Crippen molar-refractivity contribution in [2.45, 2.75) is 0 Å². The molecule has 1 amide bonds. The number of halogens is 4. The van der Waals surface area contributed by atoms with Gasteiger partial charge in [-0.05, 0) is 42.5 Å². The first-order valence-electron chi connectivity index (χ1n) is 6.90. The van der Waals surface area contributed by atoms with E-state index in [2.05, 4.69) is 37.2 Å². The van der Waals surface area contributed by atoms with E-state index in [0.717, 1.165) is 6.08 Å². The Balaban J connectivity index is 1.87. The molecule has 0 aliphatic rings. The molecule has 2 aromatic carbocycles. The summed E-state index contributed by atoms with van der Waals surface area (Å²) in [6.07, 6.45) is 2.23. The summed E-state index contributed by atoms with van der Waals surface area (Å²) in [4.78, 5) is 23.2. The average Bonchev–Trinajstić information content (AvgIpc) is 2.56. The number of carbonyl (C=O) groups excluding carboxylic acids is 2. The zero-order valence-corrected chi connectivity index (χ0v) is 15.7. The summed E-state index contributed by atoms with van der Waals surface area (Å²) in [6.45, 7) is -0.598. The Morgan fingerprint density at radius 3 is 2.44 bits per heavy atom. The van der Waals surface area contributed by atoms with Crippen LogP contribution in [0.25, 0.3) is 6.08 Å². The molecule has 0 unspecified atom stereocenters. The summed E-state index contributed by atoms with van der Waals surface area (Å²) in [5.74, 6) is -2.66. The second-order valence-corrected chi connectivity index (χ2v) is 6.61. The lowest BCUT2D eigenvalue weighted by atomic mass is 10.2. The van der Waals surface area contributed by atoms with Crippen LogP contribution in [0.2, 0.25) is 0 Å². The summed E-state index contributed by atoms with van der Waals surface area (Å²) < 4.78 is 33.0. The molecule has 0 spiro atoms. The number of esters is 1. The molecule has 25 heavy (non-hydrogen) atoms. The first-order chi connectivity index (χ1) is 11.8. The lowest BCUT2D eigenvalue weighted by Crippen LogP contribution is -2.20. The fourth-order valence-electron chi connectivity index (χ4n) is 1.76. The minimum atomic E-state index is -0.828. The van der Waals surface area contributed by atoms with Gasteiger partial charge in [0, 0.05) is 20.6 Å². The van der Waals surface area contributed by atoms with Crippen LogP contribution < -0.4 is 5.32 Å². The molecule has 0 heterocycles. The third-order valence-electron chi connectivity index (χ3n) is 2.91. The van der Waals surface area contributed by atoms with Gasteiger partial charge in [0.15, 0.2) is 6.61 Å². The van der Waals surface area contributed by atoms with Crippen LogP contribution in [0.3, 0.4) is 0 Å². The van der Waals surface area contributed by atoms with Gasteiger partial charge in [0.25, 0.3) is 5.91 Å². The van der Waals surface area contributed by atoms with Crippen molar-refractivity contribution >= 4 is 55.5 Å². The molecule has 0 radical (unpaired) electrons.